The van der Waals surface area contributed by atoms with E-state index in [9.17, 15) is 4.79 Å². The fraction of sp³-hybridized carbons (Fsp3) is 0.889. The Bertz CT molecular complexity index is 146. The van der Waals surface area contributed by atoms with E-state index in [1.165, 1.54) is 0 Å². The lowest BCUT2D eigenvalue weighted by Gasteiger charge is -2.18. The molecule has 0 saturated carbocycles. The first kappa shape index (κ1) is 12.4. The fourth-order valence-electron chi connectivity index (χ4n) is 1.22. The number of amides is 1. The second-order valence-corrected chi connectivity index (χ2v) is 3.18. The molecule has 0 bridgehead atoms. The van der Waals surface area contributed by atoms with E-state index >= 15 is 0 Å². The molecule has 13 heavy (non-hydrogen) atoms. The third kappa shape index (κ3) is 5.60. The summed E-state index contributed by atoms with van der Waals surface area (Å²) in [7, 11) is 0. The molecule has 0 spiro atoms. The minimum atomic E-state index is -0.476. The van der Waals surface area contributed by atoms with Crippen LogP contribution in [-0.4, -0.2) is 36.5 Å². The summed E-state index contributed by atoms with van der Waals surface area (Å²) in [6.07, 6.45) is 1.62. The molecule has 0 heterocycles. The molecule has 1 unspecified atom stereocenters. The van der Waals surface area contributed by atoms with Gasteiger partial charge in [-0.25, -0.2) is 0 Å². The van der Waals surface area contributed by atoms with Crippen LogP contribution in [-0.2, 0) is 4.79 Å². The second kappa shape index (κ2) is 6.86. The van der Waals surface area contributed by atoms with Gasteiger partial charge in [-0.15, -0.1) is 0 Å². The number of primary amides is 1. The molecule has 1 amide bonds. The zero-order valence-electron chi connectivity index (χ0n) is 8.62. The van der Waals surface area contributed by atoms with Crippen LogP contribution in [0.5, 0.6) is 0 Å². The number of nitrogens with two attached hydrogens (primary N) is 2. The molecule has 0 radical (unpaired) electrons. The van der Waals surface area contributed by atoms with Crippen molar-refractivity contribution in [1.82, 2.24) is 4.90 Å². The molecule has 0 aromatic rings. The lowest BCUT2D eigenvalue weighted by atomic mass is 10.1. The average Bonchev–Trinajstić information content (AvgIpc) is 2.12. The molecule has 0 aliphatic carbocycles. The van der Waals surface area contributed by atoms with Crippen molar-refractivity contribution >= 4 is 5.91 Å². The van der Waals surface area contributed by atoms with Gasteiger partial charge in [0.05, 0.1) is 6.04 Å². The van der Waals surface area contributed by atoms with Crippen molar-refractivity contribution < 1.29 is 4.79 Å². The molecule has 4 heteroatoms. The first-order valence-corrected chi connectivity index (χ1v) is 4.89. The van der Waals surface area contributed by atoms with E-state index in [1.54, 1.807) is 0 Å². The highest BCUT2D eigenvalue weighted by Crippen LogP contribution is 1.97. The van der Waals surface area contributed by atoms with E-state index in [4.69, 9.17) is 11.5 Å². The molecule has 0 saturated heterocycles. The maximum atomic E-state index is 10.6. The molecule has 0 aromatic carbocycles. The Morgan fingerprint density at radius 1 is 1.38 bits per heavy atom. The molecule has 1 atom stereocenters. The highest BCUT2D eigenvalue weighted by Gasteiger charge is 2.08. The van der Waals surface area contributed by atoms with Crippen LogP contribution in [0.25, 0.3) is 0 Å². The Balaban J connectivity index is 3.48. The summed E-state index contributed by atoms with van der Waals surface area (Å²) in [5, 5.41) is 0. The van der Waals surface area contributed by atoms with Crippen molar-refractivity contribution in [2.45, 2.75) is 32.7 Å². The van der Waals surface area contributed by atoms with Crippen molar-refractivity contribution in [3.05, 3.63) is 0 Å². The first-order chi connectivity index (χ1) is 6.11. The Hall–Kier alpha value is -0.610. The Labute approximate surface area is 80.3 Å². The van der Waals surface area contributed by atoms with Crippen LogP contribution in [0.3, 0.4) is 0 Å². The van der Waals surface area contributed by atoms with E-state index < -0.39 is 11.9 Å². The predicted molar refractivity (Wildman–Crippen MR) is 54.2 cm³/mol. The maximum Gasteiger partial charge on any atom is 0.234 e. The lowest BCUT2D eigenvalue weighted by Crippen LogP contribution is -2.37. The van der Waals surface area contributed by atoms with Crippen LogP contribution in [0.15, 0.2) is 0 Å². The zero-order chi connectivity index (χ0) is 10.3. The average molecular weight is 187 g/mol. The number of carbonyl (C=O) groups excluding carboxylic acids is 1. The summed E-state index contributed by atoms with van der Waals surface area (Å²) in [5.41, 5.74) is 10.5. The van der Waals surface area contributed by atoms with Crippen LogP contribution < -0.4 is 11.5 Å². The molecule has 0 aliphatic rings. The van der Waals surface area contributed by atoms with Gasteiger partial charge in [-0.2, -0.15) is 0 Å². The monoisotopic (exact) mass is 187 g/mol. The second-order valence-electron chi connectivity index (χ2n) is 3.18. The standard InChI is InChI=1S/C9H21N3O/c1-3-12(4-2)7-5-6-8(10)9(11)13/h8H,3-7,10H2,1-2H3,(H2,11,13). The summed E-state index contributed by atoms with van der Waals surface area (Å²) < 4.78 is 0. The van der Waals surface area contributed by atoms with Gasteiger partial charge in [0.2, 0.25) is 5.91 Å². The van der Waals surface area contributed by atoms with Crippen LogP contribution in [0.2, 0.25) is 0 Å². The molecule has 78 valence electrons. The van der Waals surface area contributed by atoms with Gasteiger partial charge >= 0.3 is 0 Å². The number of hydrogen-bond donors (Lipinski definition) is 2. The Kier molecular flexibility index (Phi) is 6.54. The minimum Gasteiger partial charge on any atom is -0.368 e. The van der Waals surface area contributed by atoms with Gasteiger partial charge in [0, 0.05) is 0 Å². The smallest absolute Gasteiger partial charge is 0.234 e. The Morgan fingerprint density at radius 3 is 2.31 bits per heavy atom. The third-order valence-corrected chi connectivity index (χ3v) is 2.25. The lowest BCUT2D eigenvalue weighted by molar-refractivity contribution is -0.119. The third-order valence-electron chi connectivity index (χ3n) is 2.25. The first-order valence-electron chi connectivity index (χ1n) is 4.89. The van der Waals surface area contributed by atoms with Crippen LogP contribution in [0.1, 0.15) is 26.7 Å². The molecule has 0 aliphatic heterocycles. The zero-order valence-corrected chi connectivity index (χ0v) is 8.62. The van der Waals surface area contributed by atoms with Gasteiger partial charge in [-0.3, -0.25) is 4.79 Å². The molecule has 0 aromatic heterocycles. The number of rotatable bonds is 7. The van der Waals surface area contributed by atoms with Gasteiger partial charge < -0.3 is 16.4 Å². The summed E-state index contributed by atoms with van der Waals surface area (Å²) in [6, 6.07) is -0.476. The van der Waals surface area contributed by atoms with E-state index in [2.05, 4.69) is 18.7 Å². The molecule has 4 N–H and O–H groups in total. The topological polar surface area (TPSA) is 72.3 Å². The minimum absolute atomic E-state index is 0.403. The van der Waals surface area contributed by atoms with Crippen molar-refractivity contribution in [3.8, 4) is 0 Å². The largest absolute Gasteiger partial charge is 0.368 e. The van der Waals surface area contributed by atoms with E-state index in [1.807, 2.05) is 0 Å². The van der Waals surface area contributed by atoms with Gasteiger partial charge in [-0.1, -0.05) is 13.8 Å². The number of hydrogen-bond acceptors (Lipinski definition) is 3. The summed E-state index contributed by atoms with van der Waals surface area (Å²) in [5.74, 6) is -0.403. The van der Waals surface area contributed by atoms with E-state index in [-0.39, 0.29) is 0 Å². The molecular weight excluding hydrogens is 166 g/mol. The van der Waals surface area contributed by atoms with E-state index in [0.717, 1.165) is 26.1 Å². The van der Waals surface area contributed by atoms with Crippen LogP contribution in [0.4, 0.5) is 0 Å². The Morgan fingerprint density at radius 2 is 1.92 bits per heavy atom. The van der Waals surface area contributed by atoms with Gasteiger partial charge in [0.1, 0.15) is 0 Å². The van der Waals surface area contributed by atoms with Crippen molar-refractivity contribution in [1.29, 1.82) is 0 Å². The highest BCUT2D eigenvalue weighted by molar-refractivity contribution is 5.79. The van der Waals surface area contributed by atoms with Gasteiger partial charge in [0.25, 0.3) is 0 Å². The van der Waals surface area contributed by atoms with Gasteiger partial charge in [0.15, 0.2) is 0 Å². The molecule has 0 rings (SSSR count). The summed E-state index contributed by atoms with van der Waals surface area (Å²) in [6.45, 7) is 7.33. The normalized spacial score (nSPS) is 13.2. The number of nitrogens with zero attached hydrogens (tertiary/aromatic N) is 1. The molecular formula is C9H21N3O. The van der Waals surface area contributed by atoms with Crippen LogP contribution in [0, 0.1) is 0 Å². The van der Waals surface area contributed by atoms with Crippen molar-refractivity contribution in [2.24, 2.45) is 11.5 Å². The highest BCUT2D eigenvalue weighted by atomic mass is 16.1. The van der Waals surface area contributed by atoms with E-state index in [0.29, 0.717) is 6.42 Å². The van der Waals surface area contributed by atoms with Crippen molar-refractivity contribution in [2.75, 3.05) is 19.6 Å². The fourth-order valence-corrected chi connectivity index (χ4v) is 1.22. The maximum absolute atomic E-state index is 10.6. The predicted octanol–water partition coefficient (Wildman–Crippen LogP) is -0.0790. The quantitative estimate of drug-likeness (QED) is 0.585. The van der Waals surface area contributed by atoms with Crippen LogP contribution >= 0.6 is 0 Å². The molecule has 4 nitrogen and oxygen atoms in total. The summed E-state index contributed by atoms with van der Waals surface area (Å²) >= 11 is 0. The summed E-state index contributed by atoms with van der Waals surface area (Å²) in [4.78, 5) is 12.9. The SMILES string of the molecule is CCN(CC)CCCC(N)C(N)=O. The number of carbonyl (C=O) groups is 1. The molecule has 0 fully saturated rings. The van der Waals surface area contributed by atoms with Gasteiger partial charge in [-0.05, 0) is 32.5 Å². The van der Waals surface area contributed by atoms with Crippen molar-refractivity contribution in [3.63, 3.8) is 0 Å².